The van der Waals surface area contributed by atoms with E-state index < -0.39 is 0 Å². The maximum absolute atomic E-state index is 5.59. The van der Waals surface area contributed by atoms with Crippen LogP contribution in [0, 0.1) is 13.8 Å². The summed E-state index contributed by atoms with van der Waals surface area (Å²) >= 11 is 3.46. The summed E-state index contributed by atoms with van der Waals surface area (Å²) in [5.41, 5.74) is 8.86. The molecule has 0 aliphatic carbocycles. The summed E-state index contributed by atoms with van der Waals surface area (Å²) in [5.74, 6) is 0.964. The lowest BCUT2D eigenvalue weighted by Crippen LogP contribution is -1.98. The predicted molar refractivity (Wildman–Crippen MR) is 68.6 cm³/mol. The third-order valence-corrected chi connectivity index (χ3v) is 3.05. The van der Waals surface area contributed by atoms with Crippen molar-refractivity contribution in [2.45, 2.75) is 20.4 Å². The van der Waals surface area contributed by atoms with Gasteiger partial charge in [-0.3, -0.25) is 0 Å². The number of aromatic nitrogens is 2. The molecule has 0 radical (unpaired) electrons. The van der Waals surface area contributed by atoms with Crippen LogP contribution in [0.25, 0.3) is 5.69 Å². The molecule has 2 rings (SSSR count). The minimum atomic E-state index is 0.476. The van der Waals surface area contributed by atoms with Gasteiger partial charge in [0.05, 0.1) is 5.69 Å². The lowest BCUT2D eigenvalue weighted by Gasteiger charge is -2.08. The number of nitrogens with zero attached hydrogens (tertiary/aromatic N) is 2. The number of halogens is 1. The van der Waals surface area contributed by atoms with Gasteiger partial charge in [-0.1, -0.05) is 15.9 Å². The molecular weight excluding hydrogens is 266 g/mol. The van der Waals surface area contributed by atoms with Crippen molar-refractivity contribution in [2.75, 3.05) is 0 Å². The van der Waals surface area contributed by atoms with Crippen LogP contribution >= 0.6 is 15.9 Å². The van der Waals surface area contributed by atoms with Crippen molar-refractivity contribution in [3.05, 3.63) is 46.0 Å². The van der Waals surface area contributed by atoms with Crippen LogP contribution in [0.15, 0.2) is 28.9 Å². The second-order valence-electron chi connectivity index (χ2n) is 3.78. The van der Waals surface area contributed by atoms with E-state index in [0.29, 0.717) is 6.54 Å². The molecule has 4 heteroatoms. The Morgan fingerprint density at radius 1 is 1.38 bits per heavy atom. The van der Waals surface area contributed by atoms with Crippen molar-refractivity contribution in [2.24, 2.45) is 5.73 Å². The predicted octanol–water partition coefficient (Wildman–Crippen LogP) is 2.71. The van der Waals surface area contributed by atoms with Crippen LogP contribution in [0.2, 0.25) is 0 Å². The molecule has 2 aromatic rings. The van der Waals surface area contributed by atoms with Crippen LogP contribution in [0.4, 0.5) is 0 Å². The molecule has 2 N–H and O–H groups in total. The number of rotatable bonds is 2. The van der Waals surface area contributed by atoms with Crippen LogP contribution in [-0.4, -0.2) is 9.55 Å². The number of hydrogen-bond donors (Lipinski definition) is 1. The maximum atomic E-state index is 5.59. The molecule has 0 aliphatic rings. The zero-order valence-electron chi connectivity index (χ0n) is 9.37. The van der Waals surface area contributed by atoms with E-state index in [0.717, 1.165) is 21.7 Å². The summed E-state index contributed by atoms with van der Waals surface area (Å²) < 4.78 is 3.16. The highest BCUT2D eigenvalue weighted by molar-refractivity contribution is 9.10. The number of benzene rings is 1. The zero-order chi connectivity index (χ0) is 11.7. The minimum absolute atomic E-state index is 0.476. The average molecular weight is 280 g/mol. The van der Waals surface area contributed by atoms with E-state index in [1.807, 2.05) is 19.2 Å². The van der Waals surface area contributed by atoms with Crippen molar-refractivity contribution in [1.82, 2.24) is 9.55 Å². The van der Waals surface area contributed by atoms with Crippen LogP contribution in [0.3, 0.4) is 0 Å². The summed E-state index contributed by atoms with van der Waals surface area (Å²) in [6.45, 7) is 4.55. The van der Waals surface area contributed by atoms with Gasteiger partial charge in [-0.05, 0) is 37.6 Å². The van der Waals surface area contributed by atoms with Crippen molar-refractivity contribution in [1.29, 1.82) is 0 Å². The first-order valence-corrected chi connectivity index (χ1v) is 5.92. The van der Waals surface area contributed by atoms with Gasteiger partial charge in [-0.2, -0.15) is 0 Å². The van der Waals surface area contributed by atoms with Crippen LogP contribution in [0.1, 0.15) is 17.1 Å². The Labute approximate surface area is 103 Å². The molecule has 0 fully saturated rings. The highest BCUT2D eigenvalue weighted by Gasteiger charge is 2.07. The lowest BCUT2D eigenvalue weighted by molar-refractivity contribution is 0.960. The van der Waals surface area contributed by atoms with Gasteiger partial charge in [-0.15, -0.1) is 0 Å². The fourth-order valence-corrected chi connectivity index (χ4v) is 2.24. The zero-order valence-corrected chi connectivity index (χ0v) is 11.0. The van der Waals surface area contributed by atoms with Gasteiger partial charge in [0.25, 0.3) is 0 Å². The van der Waals surface area contributed by atoms with Crippen molar-refractivity contribution in [3.63, 3.8) is 0 Å². The summed E-state index contributed by atoms with van der Waals surface area (Å²) in [4.78, 5) is 4.40. The van der Waals surface area contributed by atoms with E-state index >= 15 is 0 Å². The molecule has 1 aromatic heterocycles. The molecule has 0 aliphatic heterocycles. The van der Waals surface area contributed by atoms with Crippen molar-refractivity contribution < 1.29 is 0 Å². The first-order chi connectivity index (χ1) is 7.61. The van der Waals surface area contributed by atoms with E-state index in [9.17, 15) is 0 Å². The van der Waals surface area contributed by atoms with Gasteiger partial charge in [-0.25, -0.2) is 4.98 Å². The van der Waals surface area contributed by atoms with Gasteiger partial charge < -0.3 is 10.3 Å². The molecule has 0 atom stereocenters. The second-order valence-corrected chi connectivity index (χ2v) is 4.70. The Bertz CT molecular complexity index is 517. The summed E-state index contributed by atoms with van der Waals surface area (Å²) in [7, 11) is 0. The summed E-state index contributed by atoms with van der Waals surface area (Å²) in [5, 5.41) is 0. The molecule has 0 saturated heterocycles. The quantitative estimate of drug-likeness (QED) is 0.919. The first-order valence-electron chi connectivity index (χ1n) is 5.13. The molecule has 1 aromatic carbocycles. The van der Waals surface area contributed by atoms with Crippen LogP contribution < -0.4 is 5.73 Å². The minimum Gasteiger partial charge on any atom is -0.325 e. The lowest BCUT2D eigenvalue weighted by atomic mass is 10.2. The SMILES string of the molecule is Cc1cc(Br)ccc1-n1cc(CN)nc1C. The van der Waals surface area contributed by atoms with Crippen molar-refractivity contribution in [3.8, 4) is 5.69 Å². The highest BCUT2D eigenvalue weighted by Crippen LogP contribution is 2.21. The molecule has 16 heavy (non-hydrogen) atoms. The van der Waals surface area contributed by atoms with Gasteiger partial charge in [0.2, 0.25) is 0 Å². The normalized spacial score (nSPS) is 10.8. The molecule has 3 nitrogen and oxygen atoms in total. The van der Waals surface area contributed by atoms with Crippen molar-refractivity contribution >= 4 is 15.9 Å². The Morgan fingerprint density at radius 3 is 2.69 bits per heavy atom. The average Bonchev–Trinajstić information content (AvgIpc) is 2.60. The van der Waals surface area contributed by atoms with E-state index in [1.54, 1.807) is 0 Å². The fraction of sp³-hybridized carbons (Fsp3) is 0.250. The second kappa shape index (κ2) is 4.39. The van der Waals surface area contributed by atoms with Gasteiger partial charge in [0.15, 0.2) is 0 Å². The van der Waals surface area contributed by atoms with E-state index in [2.05, 4.69) is 44.5 Å². The monoisotopic (exact) mass is 279 g/mol. The molecule has 0 spiro atoms. The Balaban J connectivity index is 2.53. The Hall–Kier alpha value is -1.13. The topological polar surface area (TPSA) is 43.8 Å². The Morgan fingerprint density at radius 2 is 2.12 bits per heavy atom. The van der Waals surface area contributed by atoms with Gasteiger partial charge >= 0.3 is 0 Å². The summed E-state index contributed by atoms with van der Waals surface area (Å²) in [6.07, 6.45) is 1.99. The number of aryl methyl sites for hydroxylation is 2. The third-order valence-electron chi connectivity index (χ3n) is 2.56. The van der Waals surface area contributed by atoms with E-state index in [-0.39, 0.29) is 0 Å². The molecule has 1 heterocycles. The first kappa shape index (κ1) is 11.4. The molecule has 84 valence electrons. The van der Waals surface area contributed by atoms with Gasteiger partial charge in [0.1, 0.15) is 5.82 Å². The number of hydrogen-bond acceptors (Lipinski definition) is 2. The molecule has 0 amide bonds. The largest absolute Gasteiger partial charge is 0.325 e. The molecular formula is C12H14BrN3. The smallest absolute Gasteiger partial charge is 0.110 e. The number of nitrogens with two attached hydrogens (primary N) is 1. The van der Waals surface area contributed by atoms with Crippen LogP contribution in [0.5, 0.6) is 0 Å². The standard InChI is InChI=1S/C12H14BrN3/c1-8-5-10(13)3-4-12(8)16-7-11(6-14)15-9(16)2/h3-5,7H,6,14H2,1-2H3. The Kier molecular flexibility index (Phi) is 3.12. The molecule has 0 saturated carbocycles. The highest BCUT2D eigenvalue weighted by atomic mass is 79.9. The third kappa shape index (κ3) is 2.03. The molecule has 0 bridgehead atoms. The molecule has 0 unspecified atom stereocenters. The fourth-order valence-electron chi connectivity index (χ4n) is 1.76. The van der Waals surface area contributed by atoms with E-state index in [4.69, 9.17) is 5.73 Å². The van der Waals surface area contributed by atoms with E-state index in [1.165, 1.54) is 5.56 Å². The van der Waals surface area contributed by atoms with Crippen LogP contribution in [-0.2, 0) is 6.54 Å². The van der Waals surface area contributed by atoms with Gasteiger partial charge in [0, 0.05) is 22.9 Å². The maximum Gasteiger partial charge on any atom is 0.110 e. The number of imidazole rings is 1. The summed E-state index contributed by atoms with van der Waals surface area (Å²) in [6, 6.07) is 6.20.